The van der Waals surface area contributed by atoms with Crippen LogP contribution in [0.3, 0.4) is 0 Å². The van der Waals surface area contributed by atoms with Crippen LogP contribution in [0, 0.1) is 0 Å². The summed E-state index contributed by atoms with van der Waals surface area (Å²) in [5.41, 5.74) is 0. The largest absolute Gasteiger partial charge is 0.454 e. The van der Waals surface area contributed by atoms with Crippen LogP contribution in [0.2, 0.25) is 0 Å². The lowest BCUT2D eigenvalue weighted by molar-refractivity contribution is -0.149. The zero-order chi connectivity index (χ0) is 13.1. The Morgan fingerprint density at radius 2 is 1.33 bits per heavy atom. The van der Waals surface area contributed by atoms with Crippen molar-refractivity contribution in [1.82, 2.24) is 0 Å². The molecule has 0 bridgehead atoms. The monoisotopic (exact) mass is 254 g/mol. The summed E-state index contributed by atoms with van der Waals surface area (Å²) in [5.74, 6) is -1.06. The average molecular weight is 254 g/mol. The third-order valence-corrected chi connectivity index (χ3v) is 2.83. The second-order valence-electron chi connectivity index (χ2n) is 3.95. The standard InChI is InChI=1S/C12H14O6/c1-3-9(13)17-7-5-15-12-8(6-16-11(7)12)18-10(14)4-2/h3-4,7-8,11-12H,1-2,5-6H2/t7-,8-,11+,12+/m0/s1. The van der Waals surface area contributed by atoms with Gasteiger partial charge in [0.25, 0.3) is 0 Å². The van der Waals surface area contributed by atoms with Crippen LogP contribution in [0.5, 0.6) is 0 Å². The van der Waals surface area contributed by atoms with E-state index in [4.69, 9.17) is 18.9 Å². The van der Waals surface area contributed by atoms with E-state index in [0.717, 1.165) is 12.2 Å². The van der Waals surface area contributed by atoms with E-state index < -0.39 is 36.4 Å². The van der Waals surface area contributed by atoms with E-state index in [1.807, 2.05) is 0 Å². The molecule has 98 valence electrons. The van der Waals surface area contributed by atoms with E-state index in [0.29, 0.717) is 0 Å². The second-order valence-corrected chi connectivity index (χ2v) is 3.95. The summed E-state index contributed by atoms with van der Waals surface area (Å²) in [6, 6.07) is 0. The molecule has 0 aliphatic carbocycles. The molecule has 6 nitrogen and oxygen atoms in total. The molecule has 0 amide bonds. The van der Waals surface area contributed by atoms with Crippen molar-refractivity contribution in [3.05, 3.63) is 25.3 Å². The predicted octanol–water partition coefficient (Wildman–Crippen LogP) is -0.0204. The van der Waals surface area contributed by atoms with Gasteiger partial charge < -0.3 is 18.9 Å². The van der Waals surface area contributed by atoms with Crippen molar-refractivity contribution >= 4 is 11.9 Å². The molecule has 6 heteroatoms. The Balaban J connectivity index is 1.94. The van der Waals surface area contributed by atoms with Gasteiger partial charge in [-0.15, -0.1) is 0 Å². The number of carbonyl (C=O) groups is 2. The molecule has 2 heterocycles. The Labute approximate surface area is 104 Å². The van der Waals surface area contributed by atoms with Gasteiger partial charge in [0.2, 0.25) is 0 Å². The van der Waals surface area contributed by atoms with Crippen LogP contribution in [0.1, 0.15) is 0 Å². The topological polar surface area (TPSA) is 71.1 Å². The van der Waals surface area contributed by atoms with Gasteiger partial charge in [0.15, 0.2) is 12.2 Å². The van der Waals surface area contributed by atoms with Crippen LogP contribution in [-0.4, -0.2) is 49.6 Å². The first kappa shape index (κ1) is 12.8. The van der Waals surface area contributed by atoms with Gasteiger partial charge in [-0.25, -0.2) is 9.59 Å². The molecular weight excluding hydrogens is 240 g/mol. The maximum atomic E-state index is 11.1. The Bertz CT molecular complexity index is 341. The van der Waals surface area contributed by atoms with E-state index in [-0.39, 0.29) is 13.2 Å². The van der Waals surface area contributed by atoms with Gasteiger partial charge in [-0.3, -0.25) is 0 Å². The number of esters is 2. The van der Waals surface area contributed by atoms with E-state index >= 15 is 0 Å². The first-order valence-electron chi connectivity index (χ1n) is 5.55. The fourth-order valence-electron chi connectivity index (χ4n) is 2.03. The molecule has 18 heavy (non-hydrogen) atoms. The van der Waals surface area contributed by atoms with Gasteiger partial charge in [0.05, 0.1) is 13.2 Å². The van der Waals surface area contributed by atoms with Gasteiger partial charge in [0.1, 0.15) is 12.2 Å². The van der Waals surface area contributed by atoms with Gasteiger partial charge in [-0.1, -0.05) is 13.2 Å². The first-order valence-corrected chi connectivity index (χ1v) is 5.55. The zero-order valence-electron chi connectivity index (χ0n) is 9.74. The molecule has 0 unspecified atom stereocenters. The van der Waals surface area contributed by atoms with Crippen molar-refractivity contribution in [2.75, 3.05) is 13.2 Å². The van der Waals surface area contributed by atoms with Gasteiger partial charge in [-0.2, -0.15) is 0 Å². The summed E-state index contributed by atoms with van der Waals surface area (Å²) in [6.07, 6.45) is 0.364. The van der Waals surface area contributed by atoms with Crippen molar-refractivity contribution in [3.8, 4) is 0 Å². The lowest BCUT2D eigenvalue weighted by atomic mass is 10.1. The number of fused-ring (bicyclic) bond motifs is 1. The average Bonchev–Trinajstić information content (AvgIpc) is 2.93. The van der Waals surface area contributed by atoms with Crippen LogP contribution in [0.4, 0.5) is 0 Å². The molecule has 0 saturated carbocycles. The number of carbonyl (C=O) groups excluding carboxylic acids is 2. The normalized spacial score (nSPS) is 33.6. The van der Waals surface area contributed by atoms with Crippen molar-refractivity contribution in [2.45, 2.75) is 24.4 Å². The third kappa shape index (κ3) is 2.44. The third-order valence-electron chi connectivity index (χ3n) is 2.83. The molecule has 0 spiro atoms. The van der Waals surface area contributed by atoms with Crippen molar-refractivity contribution in [2.24, 2.45) is 0 Å². The molecule has 0 aromatic carbocycles. The molecule has 2 rings (SSSR count). The first-order chi connectivity index (χ1) is 8.65. The summed E-state index contributed by atoms with van der Waals surface area (Å²) >= 11 is 0. The fraction of sp³-hybridized carbons (Fsp3) is 0.500. The molecule has 2 aliphatic heterocycles. The summed E-state index contributed by atoms with van der Waals surface area (Å²) in [5, 5.41) is 0. The highest BCUT2D eigenvalue weighted by atomic mass is 16.7. The van der Waals surface area contributed by atoms with Gasteiger partial charge in [-0.05, 0) is 0 Å². The molecule has 0 N–H and O–H groups in total. The second kappa shape index (κ2) is 5.32. The van der Waals surface area contributed by atoms with Crippen LogP contribution in [0.25, 0.3) is 0 Å². The van der Waals surface area contributed by atoms with Crippen LogP contribution in [0.15, 0.2) is 25.3 Å². The van der Waals surface area contributed by atoms with Gasteiger partial charge >= 0.3 is 11.9 Å². The Kier molecular flexibility index (Phi) is 3.78. The zero-order valence-corrected chi connectivity index (χ0v) is 9.74. The summed E-state index contributed by atoms with van der Waals surface area (Å²) < 4.78 is 21.1. The lowest BCUT2D eigenvalue weighted by Crippen LogP contribution is -2.35. The van der Waals surface area contributed by atoms with Gasteiger partial charge in [0, 0.05) is 12.2 Å². The Hall–Kier alpha value is -1.66. The minimum Gasteiger partial charge on any atom is -0.454 e. The smallest absolute Gasteiger partial charge is 0.330 e. The number of hydrogen-bond donors (Lipinski definition) is 0. The molecular formula is C12H14O6. The molecule has 2 fully saturated rings. The van der Waals surface area contributed by atoms with Crippen molar-refractivity contribution < 1.29 is 28.5 Å². The highest BCUT2D eigenvalue weighted by Crippen LogP contribution is 2.30. The maximum Gasteiger partial charge on any atom is 0.330 e. The fourth-order valence-corrected chi connectivity index (χ4v) is 2.03. The molecule has 0 radical (unpaired) electrons. The van der Waals surface area contributed by atoms with Crippen molar-refractivity contribution in [1.29, 1.82) is 0 Å². The van der Waals surface area contributed by atoms with E-state index in [1.165, 1.54) is 0 Å². The quantitative estimate of drug-likeness (QED) is 0.518. The molecule has 2 saturated heterocycles. The van der Waals surface area contributed by atoms with E-state index in [9.17, 15) is 9.59 Å². The minimum atomic E-state index is -0.528. The highest BCUT2D eigenvalue weighted by Gasteiger charge is 2.50. The Morgan fingerprint density at radius 3 is 1.67 bits per heavy atom. The van der Waals surface area contributed by atoms with Crippen molar-refractivity contribution in [3.63, 3.8) is 0 Å². The summed E-state index contributed by atoms with van der Waals surface area (Å²) in [4.78, 5) is 22.2. The van der Waals surface area contributed by atoms with Crippen LogP contribution in [-0.2, 0) is 28.5 Å². The van der Waals surface area contributed by atoms with Crippen LogP contribution >= 0.6 is 0 Å². The van der Waals surface area contributed by atoms with E-state index in [1.54, 1.807) is 0 Å². The predicted molar refractivity (Wildman–Crippen MR) is 59.6 cm³/mol. The summed E-state index contributed by atoms with van der Waals surface area (Å²) in [6.45, 7) is 7.07. The summed E-state index contributed by atoms with van der Waals surface area (Å²) in [7, 11) is 0. The minimum absolute atomic E-state index is 0.219. The lowest BCUT2D eigenvalue weighted by Gasteiger charge is -2.16. The number of rotatable bonds is 4. The van der Waals surface area contributed by atoms with Crippen LogP contribution < -0.4 is 0 Å². The number of hydrogen-bond acceptors (Lipinski definition) is 6. The molecule has 2 aliphatic rings. The molecule has 0 aromatic heterocycles. The Morgan fingerprint density at radius 1 is 0.944 bits per heavy atom. The molecule has 4 atom stereocenters. The maximum absolute atomic E-state index is 11.1. The van der Waals surface area contributed by atoms with E-state index in [2.05, 4.69) is 13.2 Å². The number of ether oxygens (including phenoxy) is 4. The SMILES string of the molecule is C=CC(=O)O[C@H]1CO[C@H]2[C@@H]1OC[C@@H]2OC(=O)C=C. The molecule has 0 aromatic rings. The highest BCUT2D eigenvalue weighted by molar-refractivity contribution is 5.81.